The number of furan rings is 1. The molecule has 4 rings (SSSR count). The van der Waals surface area contributed by atoms with Gasteiger partial charge in [0.1, 0.15) is 11.7 Å². The molecular weight excluding hydrogens is 322 g/mol. The maximum Gasteiger partial charge on any atom is 0.295 e. The van der Waals surface area contributed by atoms with Gasteiger partial charge in [0.2, 0.25) is 0 Å². The number of rotatable bonds is 4. The maximum atomic E-state index is 12.3. The Balaban J connectivity index is 1.46. The van der Waals surface area contributed by atoms with Crippen molar-refractivity contribution in [3.05, 3.63) is 65.5 Å². The predicted molar refractivity (Wildman–Crippen MR) is 87.0 cm³/mol. The Bertz CT molecular complexity index is 958. The van der Waals surface area contributed by atoms with E-state index in [-0.39, 0.29) is 24.1 Å². The summed E-state index contributed by atoms with van der Waals surface area (Å²) in [5.41, 5.74) is 2.12. The molecule has 2 amide bonds. The lowest BCUT2D eigenvalue weighted by molar-refractivity contribution is 0.0945. The number of aromatic nitrogens is 2. The molecule has 1 unspecified atom stereocenters. The smallest absolute Gasteiger partial charge is 0.295 e. The van der Waals surface area contributed by atoms with E-state index in [9.17, 15) is 9.59 Å². The van der Waals surface area contributed by atoms with Crippen LogP contribution in [0.4, 0.5) is 0 Å². The number of hydrogen-bond donors (Lipinski definition) is 2. The Hall–Kier alpha value is -3.55. The molecule has 1 atom stereocenters. The molecule has 3 aromatic rings. The van der Waals surface area contributed by atoms with Gasteiger partial charge in [-0.1, -0.05) is 18.2 Å². The third kappa shape index (κ3) is 2.85. The van der Waals surface area contributed by atoms with E-state index in [2.05, 4.69) is 25.7 Å². The number of aromatic amines is 1. The summed E-state index contributed by atoms with van der Waals surface area (Å²) in [7, 11) is 0. The van der Waals surface area contributed by atoms with Crippen LogP contribution in [0.2, 0.25) is 0 Å². The molecule has 0 radical (unpaired) electrons. The Labute approximate surface area is 142 Å². The number of hydrogen-bond acceptors (Lipinski definition) is 5. The molecule has 0 saturated carbocycles. The van der Waals surface area contributed by atoms with Gasteiger partial charge >= 0.3 is 0 Å². The average Bonchev–Trinajstić information content (AvgIpc) is 3.32. The van der Waals surface area contributed by atoms with E-state index in [1.165, 1.54) is 0 Å². The second-order valence-corrected chi connectivity index (χ2v) is 5.48. The standard InChI is InChI=1S/C17H13N5O3/c23-16-11-5-2-1-4-10(11)14(21-22-16)9-18-17(24)13-8-12(19-20-13)15-6-3-7-25-15/h1-8,14H,9H2,(H,18,24)(H,19,20). The molecule has 0 aliphatic carbocycles. The topological polar surface area (TPSA) is 113 Å². The number of H-pyrrole nitrogens is 1. The highest BCUT2D eigenvalue weighted by Gasteiger charge is 2.24. The number of benzene rings is 1. The Morgan fingerprint density at radius 1 is 1.24 bits per heavy atom. The van der Waals surface area contributed by atoms with Crippen molar-refractivity contribution in [2.75, 3.05) is 6.54 Å². The van der Waals surface area contributed by atoms with Crippen LogP contribution in [-0.4, -0.2) is 28.6 Å². The number of carbonyl (C=O) groups is 2. The quantitative estimate of drug-likeness (QED) is 0.763. The van der Waals surface area contributed by atoms with Gasteiger partial charge in [-0.25, -0.2) is 0 Å². The molecule has 0 bridgehead atoms. The molecule has 2 N–H and O–H groups in total. The molecule has 25 heavy (non-hydrogen) atoms. The highest BCUT2D eigenvalue weighted by Crippen LogP contribution is 2.26. The van der Waals surface area contributed by atoms with Gasteiger partial charge in [-0.15, -0.1) is 5.11 Å². The van der Waals surface area contributed by atoms with Gasteiger partial charge in [0.15, 0.2) is 11.5 Å². The largest absolute Gasteiger partial charge is 0.463 e. The summed E-state index contributed by atoms with van der Waals surface area (Å²) in [6, 6.07) is 11.8. The van der Waals surface area contributed by atoms with Crippen molar-refractivity contribution in [3.63, 3.8) is 0 Å². The number of fused-ring (bicyclic) bond motifs is 1. The fourth-order valence-electron chi connectivity index (χ4n) is 2.65. The zero-order valence-corrected chi connectivity index (χ0v) is 13.0. The van der Waals surface area contributed by atoms with Crippen molar-refractivity contribution < 1.29 is 14.0 Å². The summed E-state index contributed by atoms with van der Waals surface area (Å²) in [4.78, 5) is 24.0. The second kappa shape index (κ2) is 6.16. The first-order chi connectivity index (χ1) is 12.2. The summed E-state index contributed by atoms with van der Waals surface area (Å²) in [5.74, 6) is -0.118. The van der Waals surface area contributed by atoms with E-state index in [1.54, 1.807) is 36.6 Å². The van der Waals surface area contributed by atoms with Gasteiger partial charge < -0.3 is 9.73 Å². The van der Waals surface area contributed by atoms with E-state index in [0.29, 0.717) is 17.0 Å². The normalized spacial score (nSPS) is 15.8. The van der Waals surface area contributed by atoms with Crippen LogP contribution in [-0.2, 0) is 0 Å². The molecule has 1 aliphatic rings. The van der Waals surface area contributed by atoms with Crippen LogP contribution < -0.4 is 5.32 Å². The zero-order chi connectivity index (χ0) is 17.2. The van der Waals surface area contributed by atoms with Gasteiger partial charge in [-0.05, 0) is 23.8 Å². The van der Waals surface area contributed by atoms with Crippen molar-refractivity contribution in [2.24, 2.45) is 10.2 Å². The second-order valence-electron chi connectivity index (χ2n) is 5.48. The average molecular weight is 335 g/mol. The SMILES string of the molecule is O=C(NCC1N=NC(=O)c2ccccc21)c1cc(-c2ccco2)[nH]n1. The van der Waals surface area contributed by atoms with E-state index < -0.39 is 6.04 Å². The van der Waals surface area contributed by atoms with Crippen molar-refractivity contribution >= 4 is 11.8 Å². The Kier molecular flexibility index (Phi) is 3.70. The van der Waals surface area contributed by atoms with Crippen molar-refractivity contribution in [1.29, 1.82) is 0 Å². The van der Waals surface area contributed by atoms with Gasteiger partial charge in [-0.2, -0.15) is 10.2 Å². The summed E-state index contributed by atoms with van der Waals surface area (Å²) in [6.07, 6.45) is 1.54. The van der Waals surface area contributed by atoms with Gasteiger partial charge in [0.25, 0.3) is 11.8 Å². The first-order valence-electron chi connectivity index (χ1n) is 7.64. The first kappa shape index (κ1) is 15.0. The van der Waals surface area contributed by atoms with Crippen molar-refractivity contribution in [3.8, 4) is 11.5 Å². The van der Waals surface area contributed by atoms with E-state index >= 15 is 0 Å². The third-order valence-corrected chi connectivity index (χ3v) is 3.89. The highest BCUT2D eigenvalue weighted by atomic mass is 16.3. The predicted octanol–water partition coefficient (Wildman–Crippen LogP) is 2.75. The monoisotopic (exact) mass is 335 g/mol. The molecular formula is C17H13N5O3. The molecule has 1 aliphatic heterocycles. The maximum absolute atomic E-state index is 12.3. The van der Waals surface area contributed by atoms with Crippen LogP contribution in [0.15, 0.2) is 63.4 Å². The number of nitrogens with zero attached hydrogens (tertiary/aromatic N) is 3. The molecule has 8 nitrogen and oxygen atoms in total. The summed E-state index contributed by atoms with van der Waals surface area (Å²) in [6.45, 7) is 0.218. The zero-order valence-electron chi connectivity index (χ0n) is 13.0. The fraction of sp³-hybridized carbons (Fsp3) is 0.118. The number of azo groups is 1. The molecule has 8 heteroatoms. The number of nitrogens with one attached hydrogen (secondary N) is 2. The summed E-state index contributed by atoms with van der Waals surface area (Å²) >= 11 is 0. The molecule has 0 saturated heterocycles. The third-order valence-electron chi connectivity index (χ3n) is 3.89. The Morgan fingerprint density at radius 2 is 2.12 bits per heavy atom. The minimum absolute atomic E-state index is 0.218. The van der Waals surface area contributed by atoms with E-state index in [1.807, 2.05) is 12.1 Å². The number of carbonyl (C=O) groups excluding carboxylic acids is 2. The molecule has 3 heterocycles. The van der Waals surface area contributed by atoms with Crippen LogP contribution in [0, 0.1) is 0 Å². The van der Waals surface area contributed by atoms with Crippen LogP contribution in [0.5, 0.6) is 0 Å². The number of amides is 2. The fourth-order valence-corrected chi connectivity index (χ4v) is 2.65. The van der Waals surface area contributed by atoms with Crippen molar-refractivity contribution in [1.82, 2.24) is 15.5 Å². The minimum Gasteiger partial charge on any atom is -0.463 e. The summed E-state index contributed by atoms with van der Waals surface area (Å²) in [5, 5.41) is 17.1. The van der Waals surface area contributed by atoms with E-state index in [4.69, 9.17) is 4.42 Å². The van der Waals surface area contributed by atoms with Crippen LogP contribution >= 0.6 is 0 Å². The molecule has 0 spiro atoms. The van der Waals surface area contributed by atoms with Crippen molar-refractivity contribution in [2.45, 2.75) is 6.04 Å². The van der Waals surface area contributed by atoms with Crippen LogP contribution in [0.3, 0.4) is 0 Å². The lowest BCUT2D eigenvalue weighted by Crippen LogP contribution is -2.29. The molecule has 1 aromatic carbocycles. The molecule has 0 fully saturated rings. The highest BCUT2D eigenvalue weighted by molar-refractivity contribution is 5.97. The lowest BCUT2D eigenvalue weighted by Gasteiger charge is -2.18. The van der Waals surface area contributed by atoms with Crippen LogP contribution in [0.1, 0.15) is 32.5 Å². The molecule has 124 valence electrons. The van der Waals surface area contributed by atoms with Gasteiger partial charge in [-0.3, -0.25) is 14.7 Å². The Morgan fingerprint density at radius 3 is 2.96 bits per heavy atom. The van der Waals surface area contributed by atoms with E-state index in [0.717, 1.165) is 5.56 Å². The lowest BCUT2D eigenvalue weighted by atomic mass is 9.99. The van der Waals surface area contributed by atoms with Crippen LogP contribution in [0.25, 0.3) is 11.5 Å². The first-order valence-corrected chi connectivity index (χ1v) is 7.64. The minimum atomic E-state index is -0.402. The van der Waals surface area contributed by atoms with Gasteiger partial charge in [0, 0.05) is 18.2 Å². The van der Waals surface area contributed by atoms with Gasteiger partial charge in [0.05, 0.1) is 6.26 Å². The summed E-state index contributed by atoms with van der Waals surface area (Å²) < 4.78 is 5.25. The molecule has 2 aromatic heterocycles.